The number of fused-ring (bicyclic) bond motifs is 1. The first-order chi connectivity index (χ1) is 20.2. The molecule has 1 saturated heterocycles. The number of nitrogens with one attached hydrogen (secondary N) is 1. The number of amides is 1. The molecule has 1 unspecified atom stereocenters. The second kappa shape index (κ2) is 12.9. The molecular weight excluding hydrogens is 561 g/mol. The lowest BCUT2D eigenvalue weighted by molar-refractivity contribution is -0.160. The van der Waals surface area contributed by atoms with Crippen molar-refractivity contribution in [3.05, 3.63) is 64.6 Å². The molecule has 42 heavy (non-hydrogen) atoms. The number of rotatable bonds is 9. The number of esters is 1. The summed E-state index contributed by atoms with van der Waals surface area (Å²) in [5, 5.41) is 3.64. The number of halogens is 2. The number of anilines is 1. The average molecular weight is 598 g/mol. The number of benzene rings is 2. The molecule has 2 atom stereocenters. The second-order valence-electron chi connectivity index (χ2n) is 11.4. The fraction of sp³-hybridized carbons (Fsp3) is 0.469. The molecule has 2 fully saturated rings. The fourth-order valence-electron chi connectivity index (χ4n) is 6.23. The highest BCUT2D eigenvalue weighted by atomic mass is 35.5. The van der Waals surface area contributed by atoms with Gasteiger partial charge in [-0.25, -0.2) is 4.39 Å². The number of hydrogen-bond acceptors (Lipinski definition) is 6. The molecule has 0 radical (unpaired) electrons. The first-order valence-electron chi connectivity index (χ1n) is 14.5. The number of para-hydroxylation sites is 1. The lowest BCUT2D eigenvalue weighted by atomic mass is 9.87. The maximum Gasteiger partial charge on any atom is 0.308 e. The molecule has 2 aromatic carbocycles. The first kappa shape index (κ1) is 30.2. The number of Topliss-reactive ketones (excluding diaryl/α,β-unsaturated/α-hetero) is 1. The van der Waals surface area contributed by atoms with Gasteiger partial charge in [-0.15, -0.1) is 0 Å². The average Bonchev–Trinajstić information content (AvgIpc) is 3.56. The summed E-state index contributed by atoms with van der Waals surface area (Å²) in [5.41, 5.74) is 1.62. The Bertz CT molecular complexity index is 1480. The van der Waals surface area contributed by atoms with E-state index in [1.54, 1.807) is 6.20 Å². The summed E-state index contributed by atoms with van der Waals surface area (Å²) in [6.45, 7) is 2.78. The Hall–Kier alpha value is -3.27. The Kier molecular flexibility index (Phi) is 9.30. The second-order valence-corrected chi connectivity index (χ2v) is 11.8. The van der Waals surface area contributed by atoms with E-state index >= 15 is 4.39 Å². The Morgan fingerprint density at radius 2 is 1.86 bits per heavy atom. The molecule has 10 heteroatoms. The number of nitrogens with zero attached hydrogens (tertiary/aromatic N) is 2. The zero-order chi connectivity index (χ0) is 30.0. The van der Waals surface area contributed by atoms with Crippen molar-refractivity contribution < 1.29 is 28.2 Å². The predicted molar refractivity (Wildman–Crippen MR) is 159 cm³/mol. The number of carbonyl (C=O) groups excluding carboxylic acids is 3. The van der Waals surface area contributed by atoms with Crippen molar-refractivity contribution in [3.8, 4) is 0 Å². The van der Waals surface area contributed by atoms with Crippen LogP contribution in [0.4, 0.5) is 10.1 Å². The van der Waals surface area contributed by atoms with Crippen molar-refractivity contribution in [2.75, 3.05) is 19.0 Å². The first-order valence-corrected chi connectivity index (χ1v) is 14.9. The van der Waals surface area contributed by atoms with Gasteiger partial charge in [0.05, 0.1) is 35.4 Å². The minimum atomic E-state index is -0.814. The van der Waals surface area contributed by atoms with Gasteiger partial charge in [-0.3, -0.25) is 19.3 Å². The number of hydrogen-bond donors (Lipinski definition) is 1. The van der Waals surface area contributed by atoms with E-state index < -0.39 is 18.0 Å². The van der Waals surface area contributed by atoms with Gasteiger partial charge in [-0.05, 0) is 69.2 Å². The number of methoxy groups -OCH3 is 1. The van der Waals surface area contributed by atoms with Crippen LogP contribution in [-0.4, -0.2) is 59.2 Å². The Morgan fingerprint density at radius 3 is 2.55 bits per heavy atom. The molecule has 1 aliphatic carbocycles. The molecule has 2 aliphatic rings. The molecule has 8 nitrogen and oxygen atoms in total. The lowest BCUT2D eigenvalue weighted by Crippen LogP contribution is -2.48. The van der Waals surface area contributed by atoms with Crippen LogP contribution in [0, 0.1) is 11.7 Å². The number of likely N-dealkylation sites (tertiary alicyclic amines) is 1. The molecule has 1 aromatic heterocycles. The van der Waals surface area contributed by atoms with E-state index in [1.165, 1.54) is 13.2 Å². The van der Waals surface area contributed by atoms with E-state index in [4.69, 9.17) is 21.1 Å². The van der Waals surface area contributed by atoms with Crippen LogP contribution in [-0.2, 0) is 32.5 Å². The van der Waals surface area contributed by atoms with Crippen LogP contribution in [0.1, 0.15) is 61.4 Å². The highest BCUT2D eigenvalue weighted by molar-refractivity contribution is 6.34. The van der Waals surface area contributed by atoms with Crippen LogP contribution < -0.4 is 5.32 Å². The van der Waals surface area contributed by atoms with E-state index in [0.29, 0.717) is 31.2 Å². The summed E-state index contributed by atoms with van der Waals surface area (Å²) < 4.78 is 28.5. The van der Waals surface area contributed by atoms with Crippen LogP contribution in [0.3, 0.4) is 0 Å². The SMILES string of the molecule is COC(=O)C1CCC(OC(C(=O)Cc2cc(Cl)c(NC(=O)c3cn(C)c4ccccc34)cc2F)N2CCC[C@@H]2C)CC1. The number of ketones is 1. The number of carbonyl (C=O) groups is 3. The molecular formula is C32H37ClFN3O5. The zero-order valence-electron chi connectivity index (χ0n) is 24.2. The van der Waals surface area contributed by atoms with Crippen LogP contribution in [0.2, 0.25) is 5.02 Å². The number of ether oxygens (including phenoxy) is 2. The third kappa shape index (κ3) is 6.38. The Morgan fingerprint density at radius 1 is 1.12 bits per heavy atom. The molecule has 1 saturated carbocycles. The van der Waals surface area contributed by atoms with Gasteiger partial charge in [0.2, 0.25) is 0 Å². The predicted octanol–water partition coefficient (Wildman–Crippen LogP) is 5.89. The maximum atomic E-state index is 15.4. The van der Waals surface area contributed by atoms with Crippen molar-refractivity contribution in [2.24, 2.45) is 13.0 Å². The third-order valence-corrected chi connectivity index (χ3v) is 8.91. The van der Waals surface area contributed by atoms with Gasteiger partial charge in [0.15, 0.2) is 12.0 Å². The Balaban J connectivity index is 1.29. The van der Waals surface area contributed by atoms with Gasteiger partial charge in [-0.2, -0.15) is 0 Å². The maximum absolute atomic E-state index is 15.4. The number of aryl methyl sites for hydroxylation is 1. The summed E-state index contributed by atoms with van der Waals surface area (Å²) >= 11 is 6.50. The number of aromatic nitrogens is 1. The van der Waals surface area contributed by atoms with Crippen molar-refractivity contribution in [2.45, 2.75) is 70.2 Å². The van der Waals surface area contributed by atoms with Gasteiger partial charge in [0.1, 0.15) is 5.82 Å². The van der Waals surface area contributed by atoms with E-state index in [0.717, 1.165) is 36.4 Å². The minimum Gasteiger partial charge on any atom is -0.469 e. The molecule has 0 bridgehead atoms. The van der Waals surface area contributed by atoms with Gasteiger partial charge >= 0.3 is 5.97 Å². The van der Waals surface area contributed by atoms with E-state index in [1.807, 2.05) is 40.8 Å². The Labute approximate surface area is 250 Å². The summed E-state index contributed by atoms with van der Waals surface area (Å²) in [5.74, 6) is -1.65. The van der Waals surface area contributed by atoms with Crippen molar-refractivity contribution in [3.63, 3.8) is 0 Å². The van der Waals surface area contributed by atoms with Gasteiger partial charge in [0.25, 0.3) is 5.91 Å². The monoisotopic (exact) mass is 597 g/mol. The highest BCUT2D eigenvalue weighted by Crippen LogP contribution is 2.32. The lowest BCUT2D eigenvalue weighted by Gasteiger charge is -2.35. The molecule has 224 valence electrons. The molecule has 3 aromatic rings. The highest BCUT2D eigenvalue weighted by Gasteiger charge is 2.37. The summed E-state index contributed by atoms with van der Waals surface area (Å²) in [4.78, 5) is 40.7. The van der Waals surface area contributed by atoms with Crippen LogP contribution in [0.25, 0.3) is 10.9 Å². The van der Waals surface area contributed by atoms with Gasteiger partial charge in [0, 0.05) is 43.2 Å². The van der Waals surface area contributed by atoms with Crippen molar-refractivity contribution in [1.29, 1.82) is 0 Å². The molecule has 1 N–H and O–H groups in total. The quantitative estimate of drug-likeness (QED) is 0.309. The molecule has 5 rings (SSSR count). The largest absolute Gasteiger partial charge is 0.469 e. The van der Waals surface area contributed by atoms with Crippen molar-refractivity contribution in [1.82, 2.24) is 9.47 Å². The fourth-order valence-corrected chi connectivity index (χ4v) is 6.47. The van der Waals surface area contributed by atoms with Crippen LogP contribution in [0.5, 0.6) is 0 Å². The third-order valence-electron chi connectivity index (χ3n) is 8.60. The summed E-state index contributed by atoms with van der Waals surface area (Å²) in [7, 11) is 3.25. The van der Waals surface area contributed by atoms with E-state index in [2.05, 4.69) is 12.2 Å². The van der Waals surface area contributed by atoms with E-state index in [9.17, 15) is 14.4 Å². The van der Waals surface area contributed by atoms with Gasteiger partial charge < -0.3 is 19.4 Å². The van der Waals surface area contributed by atoms with Crippen LogP contribution in [0.15, 0.2) is 42.6 Å². The summed E-state index contributed by atoms with van der Waals surface area (Å²) in [6.07, 6.45) is 5.02. The van der Waals surface area contributed by atoms with Crippen molar-refractivity contribution >= 4 is 45.9 Å². The van der Waals surface area contributed by atoms with E-state index in [-0.39, 0.29) is 52.5 Å². The topological polar surface area (TPSA) is 89.9 Å². The normalized spacial score (nSPS) is 21.8. The summed E-state index contributed by atoms with van der Waals surface area (Å²) in [6, 6.07) is 10.2. The molecule has 2 heterocycles. The zero-order valence-corrected chi connectivity index (χ0v) is 25.0. The minimum absolute atomic E-state index is 0.131. The van der Waals surface area contributed by atoms with Crippen LogP contribution >= 0.6 is 11.6 Å². The molecule has 1 aliphatic heterocycles. The standard InChI is InChI=1S/C32H37ClFN3O5/c1-19-7-6-14-37(19)31(42-22-12-10-20(11-13-22)32(40)41-3)29(38)16-21-15-25(33)27(17-26(21)34)35-30(39)24-18-36(2)28-9-5-4-8-23(24)28/h4-5,8-9,15,17-20,22,31H,6-7,10-14,16H2,1-3H3,(H,35,39)/t19-,20?,22?,31?/m0/s1. The van der Waals surface area contributed by atoms with Gasteiger partial charge in [-0.1, -0.05) is 29.8 Å². The molecule has 1 amide bonds. The molecule has 0 spiro atoms. The smallest absolute Gasteiger partial charge is 0.308 e.